The van der Waals surface area contributed by atoms with E-state index in [1.54, 1.807) is 0 Å². The Morgan fingerprint density at radius 2 is 1.61 bits per heavy atom. The smallest absolute Gasteiger partial charge is 0.120 e. The number of hydrogen-bond donors (Lipinski definition) is 3. The first-order chi connectivity index (χ1) is 15.7. The van der Waals surface area contributed by atoms with Crippen molar-refractivity contribution in [3.05, 3.63) is 0 Å². The maximum atomic E-state index is 11.2. The van der Waals surface area contributed by atoms with Gasteiger partial charge in [-0.25, -0.2) is 0 Å². The molecule has 4 aliphatic rings. The second-order valence-corrected chi connectivity index (χ2v) is 11.9. The fourth-order valence-corrected chi connectivity index (χ4v) is 8.71. The summed E-state index contributed by atoms with van der Waals surface area (Å²) in [6, 6.07) is 0. The normalized spacial score (nSPS) is 44.6. The summed E-state index contributed by atoms with van der Waals surface area (Å²) >= 11 is 0. The highest BCUT2D eigenvalue weighted by Crippen LogP contribution is 2.68. The van der Waals surface area contributed by atoms with E-state index in [1.165, 1.54) is 25.7 Å². The van der Waals surface area contributed by atoms with Gasteiger partial charge in [0.1, 0.15) is 6.29 Å². The molecular weight excluding hydrogens is 410 g/mol. The van der Waals surface area contributed by atoms with Crippen molar-refractivity contribution in [1.29, 1.82) is 0 Å². The van der Waals surface area contributed by atoms with Gasteiger partial charge in [-0.3, -0.25) is 0 Å². The summed E-state index contributed by atoms with van der Waals surface area (Å²) in [5.74, 6) is 3.51. The Morgan fingerprint density at radius 3 is 2.21 bits per heavy atom. The highest BCUT2D eigenvalue weighted by atomic mass is 16.3. The number of rotatable bonds is 5. The van der Waals surface area contributed by atoms with Crippen LogP contribution in [0.2, 0.25) is 0 Å². The summed E-state index contributed by atoms with van der Waals surface area (Å²) in [5.41, 5.74) is 0.646. The second kappa shape index (κ2) is 12.5. The van der Waals surface area contributed by atoms with Crippen LogP contribution in [0, 0.1) is 46.3 Å². The number of carbonyl (C=O) groups is 1. The molecular formula is C29H55NO3. The van der Waals surface area contributed by atoms with Gasteiger partial charge in [0.2, 0.25) is 0 Å². The minimum absolute atomic E-state index is 0.157. The van der Waals surface area contributed by atoms with Crippen molar-refractivity contribution in [3.63, 3.8) is 0 Å². The van der Waals surface area contributed by atoms with E-state index in [4.69, 9.17) is 0 Å². The van der Waals surface area contributed by atoms with E-state index in [1.807, 2.05) is 20.9 Å². The molecule has 4 rings (SSSR count). The molecule has 10 atom stereocenters. The number of fused-ring (bicyclic) bond motifs is 5. The van der Waals surface area contributed by atoms with Crippen molar-refractivity contribution in [2.24, 2.45) is 46.3 Å². The monoisotopic (exact) mass is 465 g/mol. The van der Waals surface area contributed by atoms with Gasteiger partial charge in [0.15, 0.2) is 0 Å². The lowest BCUT2D eigenvalue weighted by Crippen LogP contribution is -2.58. The first-order valence-electron chi connectivity index (χ1n) is 14.2. The van der Waals surface area contributed by atoms with Gasteiger partial charge in [0.25, 0.3) is 0 Å². The Kier molecular flexibility index (Phi) is 10.9. The van der Waals surface area contributed by atoms with E-state index in [9.17, 15) is 15.0 Å². The number of aliphatic hydroxyl groups excluding tert-OH is 2. The van der Waals surface area contributed by atoms with Crippen LogP contribution in [0.5, 0.6) is 0 Å². The van der Waals surface area contributed by atoms with Gasteiger partial charge in [0.05, 0.1) is 12.2 Å². The summed E-state index contributed by atoms with van der Waals surface area (Å²) in [4.78, 5) is 10.9. The van der Waals surface area contributed by atoms with Crippen molar-refractivity contribution in [1.82, 2.24) is 5.32 Å². The minimum atomic E-state index is -0.188. The molecule has 4 fully saturated rings. The molecule has 4 heteroatoms. The number of aliphatic hydroxyl groups is 2. The number of aldehydes is 1. The molecule has 0 bridgehead atoms. The Morgan fingerprint density at radius 1 is 1.00 bits per heavy atom. The van der Waals surface area contributed by atoms with Crippen LogP contribution in [0.3, 0.4) is 0 Å². The quantitative estimate of drug-likeness (QED) is 0.446. The molecule has 0 aliphatic heterocycles. The molecule has 0 heterocycles. The molecule has 0 amide bonds. The van der Waals surface area contributed by atoms with E-state index in [-0.39, 0.29) is 12.2 Å². The maximum absolute atomic E-state index is 11.2. The van der Waals surface area contributed by atoms with Crippen LogP contribution in [0.15, 0.2) is 0 Å². The van der Waals surface area contributed by atoms with Crippen molar-refractivity contribution in [2.45, 2.75) is 118 Å². The van der Waals surface area contributed by atoms with Crippen LogP contribution < -0.4 is 5.32 Å². The molecule has 33 heavy (non-hydrogen) atoms. The van der Waals surface area contributed by atoms with Crippen LogP contribution in [-0.4, -0.2) is 42.3 Å². The summed E-state index contributed by atoms with van der Waals surface area (Å²) in [5, 5.41) is 24.4. The number of hydrogen-bond acceptors (Lipinski definition) is 4. The zero-order chi connectivity index (χ0) is 24.8. The highest BCUT2D eigenvalue weighted by molar-refractivity contribution is 5.49. The molecule has 4 nitrogen and oxygen atoms in total. The third-order valence-electron chi connectivity index (χ3n) is 10.5. The Hall–Kier alpha value is -0.450. The van der Waals surface area contributed by atoms with Gasteiger partial charge in [-0.2, -0.15) is 0 Å². The standard InChI is InChI=1S/C24H40O3.C3H9N.C2H6/c1-15(5-4-12-25)18-6-7-19-22-20(9-11-24(18,19)3)23(2)10-8-17(26)13-16(23)14-21(22)27;1-3-4-2;1-2/h12,15-22,26-27H,4-11,13-14H2,1-3H3;4H,3H2,1-2H3;1-2H3. The molecule has 4 aliphatic carbocycles. The minimum Gasteiger partial charge on any atom is -0.393 e. The van der Waals surface area contributed by atoms with Gasteiger partial charge in [-0.15, -0.1) is 0 Å². The lowest BCUT2D eigenvalue weighted by Gasteiger charge is -2.62. The van der Waals surface area contributed by atoms with E-state index < -0.39 is 0 Å². The number of nitrogens with one attached hydrogen (secondary N) is 1. The second-order valence-electron chi connectivity index (χ2n) is 11.9. The fourth-order valence-electron chi connectivity index (χ4n) is 8.71. The molecule has 3 N–H and O–H groups in total. The molecule has 194 valence electrons. The van der Waals surface area contributed by atoms with Crippen LogP contribution in [-0.2, 0) is 4.79 Å². The van der Waals surface area contributed by atoms with Crippen LogP contribution >= 0.6 is 0 Å². The summed E-state index contributed by atoms with van der Waals surface area (Å²) in [6.45, 7) is 14.5. The molecule has 0 saturated heterocycles. The van der Waals surface area contributed by atoms with Gasteiger partial charge in [-0.1, -0.05) is 41.5 Å². The predicted molar refractivity (Wildman–Crippen MR) is 138 cm³/mol. The largest absolute Gasteiger partial charge is 0.393 e. The van der Waals surface area contributed by atoms with Crippen molar-refractivity contribution in [3.8, 4) is 0 Å². The Bertz CT molecular complexity index is 595. The molecule has 0 radical (unpaired) electrons. The van der Waals surface area contributed by atoms with E-state index in [0.717, 1.165) is 44.9 Å². The fraction of sp³-hybridized carbons (Fsp3) is 0.966. The zero-order valence-corrected chi connectivity index (χ0v) is 22.8. The average molecular weight is 466 g/mol. The molecule has 4 saturated carbocycles. The van der Waals surface area contributed by atoms with Crippen molar-refractivity contribution in [2.75, 3.05) is 13.6 Å². The third kappa shape index (κ3) is 5.70. The van der Waals surface area contributed by atoms with Gasteiger partial charge in [-0.05, 0) is 118 Å². The highest BCUT2D eigenvalue weighted by Gasteiger charge is 2.62. The maximum Gasteiger partial charge on any atom is 0.120 e. The molecule has 0 aromatic heterocycles. The van der Waals surface area contributed by atoms with Crippen LogP contribution in [0.1, 0.15) is 106 Å². The lowest BCUT2D eigenvalue weighted by molar-refractivity contribution is -0.174. The van der Waals surface area contributed by atoms with Crippen LogP contribution in [0.25, 0.3) is 0 Å². The molecule has 0 aromatic rings. The van der Waals surface area contributed by atoms with Gasteiger partial charge < -0.3 is 20.3 Å². The van der Waals surface area contributed by atoms with Gasteiger partial charge in [0, 0.05) is 6.42 Å². The van der Waals surface area contributed by atoms with Gasteiger partial charge >= 0.3 is 0 Å². The summed E-state index contributed by atoms with van der Waals surface area (Å²) in [7, 11) is 1.93. The molecule has 0 aromatic carbocycles. The van der Waals surface area contributed by atoms with Crippen LogP contribution in [0.4, 0.5) is 0 Å². The summed E-state index contributed by atoms with van der Waals surface area (Å²) in [6.07, 6.45) is 11.4. The molecule has 10 unspecified atom stereocenters. The van der Waals surface area contributed by atoms with E-state index in [0.29, 0.717) is 52.8 Å². The molecule has 0 spiro atoms. The van der Waals surface area contributed by atoms with E-state index >= 15 is 0 Å². The van der Waals surface area contributed by atoms with E-state index in [2.05, 4.69) is 33.0 Å². The Balaban J connectivity index is 0.000000582. The number of carbonyl (C=O) groups excluding carboxylic acids is 1. The average Bonchev–Trinajstić information content (AvgIpc) is 3.17. The first-order valence-corrected chi connectivity index (χ1v) is 14.2. The lowest BCUT2D eigenvalue weighted by atomic mass is 9.43. The predicted octanol–water partition coefficient (Wildman–Crippen LogP) is 5.84. The summed E-state index contributed by atoms with van der Waals surface area (Å²) < 4.78 is 0. The zero-order valence-electron chi connectivity index (χ0n) is 22.8. The topological polar surface area (TPSA) is 69.6 Å². The Labute approximate surface area is 204 Å². The SMILES string of the molecule is CC.CC(CCC=O)C1CCC2C3C(O)CC4CC(O)CCC4(C)C3CCC12C.CCNC. The van der Waals surface area contributed by atoms with Crippen molar-refractivity contribution < 1.29 is 15.0 Å². The third-order valence-corrected chi connectivity index (χ3v) is 10.5. The van der Waals surface area contributed by atoms with Crippen molar-refractivity contribution >= 4 is 6.29 Å². The first kappa shape index (κ1) is 28.8.